The fourth-order valence-electron chi connectivity index (χ4n) is 3.04. The highest BCUT2D eigenvalue weighted by Gasteiger charge is 2.31. The number of amides is 2. The maximum absolute atomic E-state index is 13.7. The van der Waals surface area contributed by atoms with Crippen molar-refractivity contribution in [3.8, 4) is 0 Å². The van der Waals surface area contributed by atoms with Crippen LogP contribution in [-0.2, 0) is 11.2 Å². The normalized spacial score (nSPS) is 14.5. The standard InChI is InChI=1S/C21H22FN5O3S/c1-11(2)17(20-25-18(27-30-20)12-7-8-12)24-16(28)9-13-10-31-21(23-13)26-19(29)14-5-3-4-6-15(14)22/h3-6,10-12,17H,7-9H2,1-2H3,(H,24,28)(H,23,26,29). The molecule has 1 aliphatic rings. The maximum Gasteiger partial charge on any atom is 0.260 e. The minimum Gasteiger partial charge on any atom is -0.344 e. The van der Waals surface area contributed by atoms with E-state index in [0.29, 0.717) is 28.5 Å². The molecule has 0 spiro atoms. The van der Waals surface area contributed by atoms with Gasteiger partial charge in [-0.15, -0.1) is 11.3 Å². The highest BCUT2D eigenvalue weighted by molar-refractivity contribution is 7.14. The van der Waals surface area contributed by atoms with Crippen LogP contribution in [0.15, 0.2) is 34.2 Å². The molecule has 2 heterocycles. The summed E-state index contributed by atoms with van der Waals surface area (Å²) in [5.41, 5.74) is 0.430. The Morgan fingerprint density at radius 2 is 2.03 bits per heavy atom. The SMILES string of the molecule is CC(C)C(NC(=O)Cc1csc(NC(=O)c2ccccc2F)n1)c1nc(C2CC2)no1. The van der Waals surface area contributed by atoms with Gasteiger partial charge in [-0.3, -0.25) is 14.9 Å². The number of halogens is 1. The Morgan fingerprint density at radius 3 is 2.74 bits per heavy atom. The number of hydrogen-bond acceptors (Lipinski definition) is 7. The number of anilines is 1. The second-order valence-electron chi connectivity index (χ2n) is 7.81. The Morgan fingerprint density at radius 1 is 1.26 bits per heavy atom. The summed E-state index contributed by atoms with van der Waals surface area (Å²) in [5, 5.41) is 11.5. The van der Waals surface area contributed by atoms with Crippen LogP contribution in [0.5, 0.6) is 0 Å². The van der Waals surface area contributed by atoms with Crippen LogP contribution in [0.25, 0.3) is 0 Å². The molecule has 3 aromatic rings. The molecule has 0 radical (unpaired) electrons. The molecule has 8 nitrogen and oxygen atoms in total. The molecule has 1 aliphatic carbocycles. The van der Waals surface area contributed by atoms with Gasteiger partial charge in [0.2, 0.25) is 11.8 Å². The third-order valence-electron chi connectivity index (χ3n) is 4.88. The van der Waals surface area contributed by atoms with Gasteiger partial charge in [0.05, 0.1) is 17.7 Å². The second kappa shape index (κ2) is 8.93. The summed E-state index contributed by atoms with van der Waals surface area (Å²) in [6.07, 6.45) is 2.16. The predicted molar refractivity (Wildman–Crippen MR) is 112 cm³/mol. The number of aromatic nitrogens is 3. The van der Waals surface area contributed by atoms with Crippen molar-refractivity contribution >= 4 is 28.3 Å². The molecule has 1 fully saturated rings. The van der Waals surface area contributed by atoms with Gasteiger partial charge in [-0.2, -0.15) is 4.98 Å². The average molecular weight is 444 g/mol. The fourth-order valence-corrected chi connectivity index (χ4v) is 3.74. The number of carbonyl (C=O) groups excluding carboxylic acids is 2. The van der Waals surface area contributed by atoms with Crippen molar-refractivity contribution in [1.82, 2.24) is 20.4 Å². The number of rotatable bonds is 8. The predicted octanol–water partition coefficient (Wildman–Crippen LogP) is 3.85. The van der Waals surface area contributed by atoms with Crippen molar-refractivity contribution in [2.75, 3.05) is 5.32 Å². The zero-order valence-corrected chi connectivity index (χ0v) is 17.9. The molecule has 31 heavy (non-hydrogen) atoms. The number of hydrogen-bond donors (Lipinski definition) is 2. The lowest BCUT2D eigenvalue weighted by atomic mass is 10.0. The first kappa shape index (κ1) is 21.1. The molecule has 0 bridgehead atoms. The van der Waals surface area contributed by atoms with Gasteiger partial charge >= 0.3 is 0 Å². The van der Waals surface area contributed by atoms with E-state index in [1.165, 1.54) is 29.5 Å². The van der Waals surface area contributed by atoms with Gasteiger partial charge in [0.25, 0.3) is 5.91 Å². The molecule has 1 atom stereocenters. The summed E-state index contributed by atoms with van der Waals surface area (Å²) in [4.78, 5) is 33.5. The van der Waals surface area contributed by atoms with Crippen molar-refractivity contribution in [3.05, 3.63) is 58.4 Å². The number of benzene rings is 1. The van der Waals surface area contributed by atoms with Crippen LogP contribution >= 0.6 is 11.3 Å². The molecular formula is C21H22FN5O3S. The van der Waals surface area contributed by atoms with Crippen LogP contribution in [-0.4, -0.2) is 26.9 Å². The van der Waals surface area contributed by atoms with Crippen LogP contribution in [0.4, 0.5) is 9.52 Å². The highest BCUT2D eigenvalue weighted by atomic mass is 32.1. The lowest BCUT2D eigenvalue weighted by molar-refractivity contribution is -0.121. The molecule has 0 aliphatic heterocycles. The molecule has 10 heteroatoms. The zero-order valence-electron chi connectivity index (χ0n) is 17.1. The third-order valence-corrected chi connectivity index (χ3v) is 5.69. The minimum absolute atomic E-state index is 0.0267. The van der Waals surface area contributed by atoms with Gasteiger partial charge in [0, 0.05) is 11.3 Å². The van der Waals surface area contributed by atoms with Crippen molar-refractivity contribution in [2.24, 2.45) is 5.92 Å². The van der Waals surface area contributed by atoms with Crippen molar-refractivity contribution in [1.29, 1.82) is 0 Å². The molecular weight excluding hydrogens is 421 g/mol. The molecule has 2 amide bonds. The molecule has 1 aromatic carbocycles. The van der Waals surface area contributed by atoms with E-state index < -0.39 is 17.8 Å². The van der Waals surface area contributed by atoms with Gasteiger partial charge in [-0.05, 0) is 30.9 Å². The van der Waals surface area contributed by atoms with Crippen LogP contribution in [0.2, 0.25) is 0 Å². The van der Waals surface area contributed by atoms with Crippen LogP contribution in [0.3, 0.4) is 0 Å². The van der Waals surface area contributed by atoms with E-state index in [1.807, 2.05) is 13.8 Å². The first-order chi connectivity index (χ1) is 14.9. The monoisotopic (exact) mass is 443 g/mol. The first-order valence-corrected chi connectivity index (χ1v) is 10.9. The van der Waals surface area contributed by atoms with E-state index in [1.54, 1.807) is 11.4 Å². The molecule has 1 saturated carbocycles. The van der Waals surface area contributed by atoms with E-state index in [9.17, 15) is 14.0 Å². The number of nitrogens with one attached hydrogen (secondary N) is 2. The molecule has 0 saturated heterocycles. The largest absolute Gasteiger partial charge is 0.344 e. The number of carbonyl (C=O) groups is 2. The Bertz CT molecular complexity index is 1090. The number of nitrogens with zero attached hydrogens (tertiary/aromatic N) is 3. The summed E-state index contributed by atoms with van der Waals surface area (Å²) < 4.78 is 19.1. The average Bonchev–Trinajstić information content (AvgIpc) is 3.30. The summed E-state index contributed by atoms with van der Waals surface area (Å²) in [6.45, 7) is 3.93. The van der Waals surface area contributed by atoms with Crippen molar-refractivity contribution in [2.45, 2.75) is 45.1 Å². The zero-order chi connectivity index (χ0) is 22.0. The summed E-state index contributed by atoms with van der Waals surface area (Å²) in [6, 6.07) is 5.31. The molecule has 4 rings (SSSR count). The number of thiazole rings is 1. The van der Waals surface area contributed by atoms with E-state index in [-0.39, 0.29) is 23.8 Å². The van der Waals surface area contributed by atoms with Crippen molar-refractivity contribution < 1.29 is 18.5 Å². The maximum atomic E-state index is 13.7. The van der Waals surface area contributed by atoms with E-state index >= 15 is 0 Å². The van der Waals surface area contributed by atoms with Gasteiger partial charge in [-0.25, -0.2) is 9.37 Å². The van der Waals surface area contributed by atoms with E-state index in [0.717, 1.165) is 12.8 Å². The Balaban J connectivity index is 1.36. The smallest absolute Gasteiger partial charge is 0.260 e. The topological polar surface area (TPSA) is 110 Å². The lowest BCUT2D eigenvalue weighted by Gasteiger charge is -2.18. The van der Waals surface area contributed by atoms with Crippen LogP contribution < -0.4 is 10.6 Å². The molecule has 162 valence electrons. The quantitative estimate of drug-likeness (QED) is 0.547. The van der Waals surface area contributed by atoms with Gasteiger partial charge in [-0.1, -0.05) is 31.1 Å². The first-order valence-electron chi connectivity index (χ1n) is 10.0. The summed E-state index contributed by atoms with van der Waals surface area (Å²) in [5.74, 6) is 0.0811. The Kier molecular flexibility index (Phi) is 6.08. The third kappa shape index (κ3) is 5.13. The van der Waals surface area contributed by atoms with Crippen LogP contribution in [0, 0.1) is 11.7 Å². The van der Waals surface area contributed by atoms with Crippen molar-refractivity contribution in [3.63, 3.8) is 0 Å². The van der Waals surface area contributed by atoms with E-state index in [4.69, 9.17) is 4.52 Å². The molecule has 2 N–H and O–H groups in total. The van der Waals surface area contributed by atoms with Crippen LogP contribution in [0.1, 0.15) is 66.4 Å². The highest BCUT2D eigenvalue weighted by Crippen LogP contribution is 2.38. The Labute approximate surface area is 182 Å². The molecule has 1 unspecified atom stereocenters. The Hall–Kier alpha value is -3.14. The van der Waals surface area contributed by atoms with Gasteiger partial charge in [0.1, 0.15) is 11.9 Å². The van der Waals surface area contributed by atoms with Gasteiger partial charge < -0.3 is 9.84 Å². The molecule has 2 aromatic heterocycles. The minimum atomic E-state index is -0.609. The summed E-state index contributed by atoms with van der Waals surface area (Å²) in [7, 11) is 0. The lowest BCUT2D eigenvalue weighted by Crippen LogP contribution is -2.33. The fraction of sp³-hybridized carbons (Fsp3) is 0.381. The second-order valence-corrected chi connectivity index (χ2v) is 8.67. The van der Waals surface area contributed by atoms with E-state index in [2.05, 4.69) is 25.8 Å². The summed E-state index contributed by atoms with van der Waals surface area (Å²) >= 11 is 1.17. The van der Waals surface area contributed by atoms with Gasteiger partial charge in [0.15, 0.2) is 11.0 Å².